The molecule has 0 aromatic heterocycles. The molecule has 0 bridgehead atoms. The summed E-state index contributed by atoms with van der Waals surface area (Å²) in [5, 5.41) is 10.5. The van der Waals surface area contributed by atoms with Gasteiger partial charge in [-0.25, -0.2) is 0 Å². The molecule has 1 N–H and O–H groups in total. The van der Waals surface area contributed by atoms with Crippen molar-refractivity contribution in [2.24, 2.45) is 0 Å². The van der Waals surface area contributed by atoms with E-state index in [0.717, 1.165) is 10.8 Å². The van der Waals surface area contributed by atoms with E-state index in [0.29, 0.717) is 6.54 Å². The summed E-state index contributed by atoms with van der Waals surface area (Å²) in [6.45, 7) is 3.82. The maximum atomic E-state index is 9.39. The van der Waals surface area contributed by atoms with E-state index in [2.05, 4.69) is 12.3 Å². The number of para-hydroxylation sites is 1. The van der Waals surface area contributed by atoms with E-state index >= 15 is 0 Å². The topological polar surface area (TPSA) is 23.5 Å². The van der Waals surface area contributed by atoms with Crippen LogP contribution in [0.1, 0.15) is 0 Å². The predicted molar refractivity (Wildman–Crippen MR) is 49.3 cm³/mol. The summed E-state index contributed by atoms with van der Waals surface area (Å²) in [7, 11) is 0. The van der Waals surface area contributed by atoms with Gasteiger partial charge in [0.2, 0.25) is 0 Å². The molecule has 0 heterocycles. The van der Waals surface area contributed by atoms with Gasteiger partial charge < -0.3 is 0 Å². The molecule has 0 saturated heterocycles. The second-order valence-electron chi connectivity index (χ2n) is 2.33. The number of benzene rings is 1. The van der Waals surface area contributed by atoms with Crippen molar-refractivity contribution in [1.29, 1.82) is 0 Å². The minimum absolute atomic E-state index is 0.410. The first-order valence-corrected chi connectivity index (χ1v) is 3.70. The summed E-state index contributed by atoms with van der Waals surface area (Å²) >= 11 is 0. The van der Waals surface area contributed by atoms with Crippen LogP contribution in [0.4, 0.5) is 5.69 Å². The Bertz CT molecular complexity index is 275. The number of hydrogen-bond donors (Lipinski definition) is 1. The van der Waals surface area contributed by atoms with Crippen molar-refractivity contribution in [1.82, 2.24) is 0 Å². The SMILES string of the molecule is C=C=CCN(O)c1ccccc1. The smallest absolute Gasteiger partial charge is 0.0708 e. The highest BCUT2D eigenvalue weighted by atomic mass is 16.5. The molecule has 0 spiro atoms. The van der Waals surface area contributed by atoms with Gasteiger partial charge in [-0.15, -0.1) is 5.73 Å². The third kappa shape index (κ3) is 2.27. The molecule has 0 atom stereocenters. The molecule has 0 aliphatic heterocycles. The van der Waals surface area contributed by atoms with E-state index in [-0.39, 0.29) is 0 Å². The summed E-state index contributed by atoms with van der Waals surface area (Å²) in [4.78, 5) is 0. The first-order chi connectivity index (χ1) is 5.84. The van der Waals surface area contributed by atoms with Gasteiger partial charge >= 0.3 is 0 Å². The summed E-state index contributed by atoms with van der Waals surface area (Å²) < 4.78 is 0. The van der Waals surface area contributed by atoms with Gasteiger partial charge in [-0.1, -0.05) is 24.8 Å². The maximum absolute atomic E-state index is 9.39. The predicted octanol–water partition coefficient (Wildman–Crippen LogP) is 2.22. The van der Waals surface area contributed by atoms with Crippen LogP contribution in [0.5, 0.6) is 0 Å². The van der Waals surface area contributed by atoms with E-state index in [1.54, 1.807) is 6.08 Å². The average molecular weight is 161 g/mol. The van der Waals surface area contributed by atoms with E-state index in [1.807, 2.05) is 30.3 Å². The summed E-state index contributed by atoms with van der Waals surface area (Å²) in [6, 6.07) is 9.31. The molecule has 0 amide bonds. The number of rotatable bonds is 3. The number of nitrogens with zero attached hydrogens (tertiary/aromatic N) is 1. The molecule has 1 aromatic carbocycles. The van der Waals surface area contributed by atoms with Crippen LogP contribution in [-0.2, 0) is 0 Å². The standard InChI is InChI=1S/C10H11NO/c1-2-3-9-11(12)10-7-5-4-6-8-10/h3-8,12H,1,9H2. The molecule has 0 aliphatic rings. The van der Waals surface area contributed by atoms with Gasteiger partial charge in [0.1, 0.15) is 0 Å². The van der Waals surface area contributed by atoms with Crippen molar-refractivity contribution in [3.05, 3.63) is 48.7 Å². The molecule has 0 saturated carbocycles. The summed E-state index contributed by atoms with van der Waals surface area (Å²) in [5.74, 6) is 0. The van der Waals surface area contributed by atoms with E-state index in [4.69, 9.17) is 0 Å². The largest absolute Gasteiger partial charge is 0.288 e. The average Bonchev–Trinajstić information content (AvgIpc) is 2.15. The Kier molecular flexibility index (Phi) is 3.15. The quantitative estimate of drug-likeness (QED) is 0.542. The molecule has 2 heteroatoms. The van der Waals surface area contributed by atoms with Crippen molar-refractivity contribution < 1.29 is 5.21 Å². The monoisotopic (exact) mass is 161 g/mol. The lowest BCUT2D eigenvalue weighted by molar-refractivity contribution is 0.266. The molecule has 0 aliphatic carbocycles. The Morgan fingerprint density at radius 3 is 2.67 bits per heavy atom. The van der Waals surface area contributed by atoms with Crippen LogP contribution in [0.25, 0.3) is 0 Å². The number of hydroxylamine groups is 1. The molecule has 1 aromatic rings. The highest BCUT2D eigenvalue weighted by Gasteiger charge is 1.96. The lowest BCUT2D eigenvalue weighted by Gasteiger charge is -2.13. The Hall–Kier alpha value is -1.50. The second-order valence-corrected chi connectivity index (χ2v) is 2.33. The van der Waals surface area contributed by atoms with Crippen LogP contribution in [0, 0.1) is 0 Å². The fourth-order valence-electron chi connectivity index (χ4n) is 0.856. The number of anilines is 1. The lowest BCUT2D eigenvalue weighted by Crippen LogP contribution is -2.17. The van der Waals surface area contributed by atoms with Gasteiger partial charge in [-0.05, 0) is 18.2 Å². The molecular formula is C10H11NO. The van der Waals surface area contributed by atoms with Crippen LogP contribution in [0.15, 0.2) is 48.7 Å². The van der Waals surface area contributed by atoms with Gasteiger partial charge in [0.15, 0.2) is 0 Å². The van der Waals surface area contributed by atoms with Gasteiger partial charge in [-0.3, -0.25) is 10.3 Å². The Morgan fingerprint density at radius 1 is 1.42 bits per heavy atom. The molecule has 62 valence electrons. The highest BCUT2D eigenvalue weighted by molar-refractivity contribution is 5.43. The van der Waals surface area contributed by atoms with Gasteiger partial charge in [0.05, 0.1) is 12.2 Å². The van der Waals surface area contributed by atoms with Gasteiger partial charge in [0, 0.05) is 0 Å². The fraction of sp³-hybridized carbons (Fsp3) is 0.100. The third-order valence-electron chi connectivity index (χ3n) is 1.46. The van der Waals surface area contributed by atoms with Crippen molar-refractivity contribution in [2.75, 3.05) is 11.6 Å². The Balaban J connectivity index is 2.65. The molecule has 2 nitrogen and oxygen atoms in total. The number of hydrogen-bond acceptors (Lipinski definition) is 2. The molecule has 0 unspecified atom stereocenters. The van der Waals surface area contributed by atoms with Crippen LogP contribution in [0.3, 0.4) is 0 Å². The normalized spacial score (nSPS) is 8.75. The minimum Gasteiger partial charge on any atom is -0.288 e. The van der Waals surface area contributed by atoms with E-state index in [1.165, 1.54) is 0 Å². The minimum atomic E-state index is 0.410. The van der Waals surface area contributed by atoms with E-state index < -0.39 is 0 Å². The van der Waals surface area contributed by atoms with E-state index in [9.17, 15) is 5.21 Å². The zero-order valence-corrected chi connectivity index (χ0v) is 6.77. The van der Waals surface area contributed by atoms with Gasteiger partial charge in [0.25, 0.3) is 0 Å². The van der Waals surface area contributed by atoms with Crippen molar-refractivity contribution >= 4 is 5.69 Å². The fourth-order valence-corrected chi connectivity index (χ4v) is 0.856. The molecule has 0 fully saturated rings. The molecular weight excluding hydrogens is 150 g/mol. The Morgan fingerprint density at radius 2 is 2.08 bits per heavy atom. The highest BCUT2D eigenvalue weighted by Crippen LogP contribution is 2.09. The zero-order chi connectivity index (χ0) is 8.81. The Labute approximate surface area is 72.0 Å². The lowest BCUT2D eigenvalue weighted by atomic mass is 10.3. The molecule has 12 heavy (non-hydrogen) atoms. The zero-order valence-electron chi connectivity index (χ0n) is 6.77. The molecule has 1 rings (SSSR count). The van der Waals surface area contributed by atoms with Crippen LogP contribution in [0.2, 0.25) is 0 Å². The van der Waals surface area contributed by atoms with Crippen LogP contribution in [-0.4, -0.2) is 11.8 Å². The second kappa shape index (κ2) is 4.39. The summed E-state index contributed by atoms with van der Waals surface area (Å²) in [6.07, 6.45) is 1.66. The first-order valence-electron chi connectivity index (χ1n) is 3.70. The maximum Gasteiger partial charge on any atom is 0.0708 e. The van der Waals surface area contributed by atoms with Crippen LogP contribution < -0.4 is 5.06 Å². The first kappa shape index (κ1) is 8.60. The van der Waals surface area contributed by atoms with Crippen LogP contribution >= 0.6 is 0 Å². The third-order valence-corrected chi connectivity index (χ3v) is 1.46. The van der Waals surface area contributed by atoms with Crippen molar-refractivity contribution in [3.8, 4) is 0 Å². The molecule has 0 radical (unpaired) electrons. The van der Waals surface area contributed by atoms with Crippen molar-refractivity contribution in [2.45, 2.75) is 0 Å². The van der Waals surface area contributed by atoms with Gasteiger partial charge in [-0.2, -0.15) is 0 Å². The van der Waals surface area contributed by atoms with Crippen molar-refractivity contribution in [3.63, 3.8) is 0 Å². The summed E-state index contributed by atoms with van der Waals surface area (Å²) in [5.41, 5.74) is 3.36.